The zero-order valence-electron chi connectivity index (χ0n) is 34.0. The maximum Gasteiger partial charge on any atom is 0.306 e. The fourth-order valence-corrected chi connectivity index (χ4v) is 7.63. The third-order valence-corrected chi connectivity index (χ3v) is 11.1. The summed E-state index contributed by atoms with van der Waals surface area (Å²) in [6.45, 7) is 8.26. The summed E-state index contributed by atoms with van der Waals surface area (Å²) in [5, 5.41) is 29.3. The number of amides is 4. The van der Waals surface area contributed by atoms with Crippen LogP contribution >= 0.6 is 0 Å². The van der Waals surface area contributed by atoms with Gasteiger partial charge in [0.15, 0.2) is 5.78 Å². The lowest BCUT2D eigenvalue weighted by Crippen LogP contribution is -2.58. The molecule has 1 saturated heterocycles. The standard InChI is InChI=1S/C43H67N5O8/c1-5-29(4)39(37(50)27-32(43(55)56)24-28(2)3)47-40(52)34-26-30-20-21-36(49)31(25-30)16-11-9-7-6-8-10-12-19-38(51)45-33(17-13-14-22-44)42(54)48-23-15-18-35(48)41(53)46-34/h9,11,20-21,25,28-29,32-35,39,49H,5-8,10,12-19,22-24,26-27,44H2,1-4H3,(H,45,51)(H,46,53)(H,47,52)(H,55,56)/t29?,32?,33-,34-,35-,39-/m0/s1. The molecule has 2 unspecified atom stereocenters. The Hall–Kier alpha value is -4.26. The molecule has 1 aromatic carbocycles. The Bertz CT molecular complexity index is 1510. The normalized spacial score (nSPS) is 22.1. The molecular weight excluding hydrogens is 715 g/mol. The second kappa shape index (κ2) is 23.7. The molecule has 0 radical (unpaired) electrons. The highest BCUT2D eigenvalue weighted by Gasteiger charge is 2.39. The zero-order valence-corrected chi connectivity index (χ0v) is 34.0. The lowest BCUT2D eigenvalue weighted by molar-refractivity contribution is -0.145. The van der Waals surface area contributed by atoms with E-state index in [0.717, 1.165) is 25.7 Å². The van der Waals surface area contributed by atoms with E-state index in [1.165, 1.54) is 4.90 Å². The van der Waals surface area contributed by atoms with E-state index in [1.807, 2.05) is 33.8 Å². The first-order chi connectivity index (χ1) is 26.7. The molecule has 13 heteroatoms. The Morgan fingerprint density at radius 2 is 1.75 bits per heavy atom. The van der Waals surface area contributed by atoms with Crippen molar-refractivity contribution in [1.82, 2.24) is 20.9 Å². The highest BCUT2D eigenvalue weighted by atomic mass is 16.4. The predicted molar refractivity (Wildman–Crippen MR) is 215 cm³/mol. The third-order valence-electron chi connectivity index (χ3n) is 11.1. The van der Waals surface area contributed by atoms with Gasteiger partial charge in [-0.15, -0.1) is 0 Å². The largest absolute Gasteiger partial charge is 0.508 e. The number of benzene rings is 1. The summed E-state index contributed by atoms with van der Waals surface area (Å²) in [6, 6.07) is 1.20. The molecule has 1 fully saturated rings. The quantitative estimate of drug-likeness (QED) is 0.114. The summed E-state index contributed by atoms with van der Waals surface area (Å²) < 4.78 is 0. The van der Waals surface area contributed by atoms with Crippen LogP contribution in [0.15, 0.2) is 30.4 Å². The van der Waals surface area contributed by atoms with Crippen LogP contribution in [-0.4, -0.2) is 87.8 Å². The van der Waals surface area contributed by atoms with Gasteiger partial charge in [-0.3, -0.25) is 28.8 Å². The third kappa shape index (κ3) is 14.7. The Morgan fingerprint density at radius 1 is 1.00 bits per heavy atom. The van der Waals surface area contributed by atoms with E-state index in [2.05, 4.69) is 22.0 Å². The Labute approximate surface area is 333 Å². The topological polar surface area (TPSA) is 208 Å². The van der Waals surface area contributed by atoms with Gasteiger partial charge in [0, 0.05) is 25.8 Å². The van der Waals surface area contributed by atoms with Gasteiger partial charge < -0.3 is 36.8 Å². The molecule has 56 heavy (non-hydrogen) atoms. The van der Waals surface area contributed by atoms with E-state index in [9.17, 15) is 39.0 Å². The van der Waals surface area contributed by atoms with Crippen molar-refractivity contribution in [3.8, 4) is 5.75 Å². The van der Waals surface area contributed by atoms with Crippen molar-refractivity contribution in [2.24, 2.45) is 23.5 Å². The second-order valence-electron chi connectivity index (χ2n) is 16.2. The molecule has 7 N–H and O–H groups in total. The Kier molecular flexibility index (Phi) is 19.5. The van der Waals surface area contributed by atoms with Gasteiger partial charge in [-0.05, 0) is 99.8 Å². The number of Topliss-reactive ketones (excluding diaryl/α,β-unsaturated/α-hetero) is 1. The molecule has 2 aliphatic heterocycles. The number of nitrogens with zero attached hydrogens (tertiary/aromatic N) is 1. The number of nitrogens with two attached hydrogens (primary N) is 1. The highest BCUT2D eigenvalue weighted by Crippen LogP contribution is 2.24. The first-order valence-corrected chi connectivity index (χ1v) is 20.9. The minimum Gasteiger partial charge on any atom is -0.508 e. The molecule has 0 aromatic heterocycles. The number of hydrogen-bond donors (Lipinski definition) is 6. The van der Waals surface area contributed by atoms with Crippen LogP contribution in [0.5, 0.6) is 5.75 Å². The number of phenols is 1. The second-order valence-corrected chi connectivity index (χ2v) is 16.2. The maximum absolute atomic E-state index is 14.3. The van der Waals surface area contributed by atoms with Gasteiger partial charge in [0.1, 0.15) is 23.9 Å². The number of carbonyl (C=O) groups excluding carboxylic acids is 5. The van der Waals surface area contributed by atoms with Crippen molar-refractivity contribution in [3.63, 3.8) is 0 Å². The van der Waals surface area contributed by atoms with Crippen LogP contribution in [-0.2, 0) is 41.6 Å². The lowest BCUT2D eigenvalue weighted by Gasteiger charge is -2.31. The van der Waals surface area contributed by atoms with Crippen molar-refractivity contribution < 1.29 is 39.0 Å². The van der Waals surface area contributed by atoms with E-state index in [-0.39, 0.29) is 48.0 Å². The first kappa shape index (κ1) is 46.1. The van der Waals surface area contributed by atoms with E-state index in [4.69, 9.17) is 5.73 Å². The molecule has 0 spiro atoms. The summed E-state index contributed by atoms with van der Waals surface area (Å²) in [5.74, 6) is -4.21. The average molecular weight is 782 g/mol. The van der Waals surface area contributed by atoms with Crippen LogP contribution in [0.25, 0.3) is 0 Å². The summed E-state index contributed by atoms with van der Waals surface area (Å²) in [6.07, 6.45) is 12.4. The smallest absolute Gasteiger partial charge is 0.306 e. The zero-order chi connectivity index (χ0) is 41.2. The van der Waals surface area contributed by atoms with Gasteiger partial charge in [-0.1, -0.05) is 71.2 Å². The number of rotatable bonds is 14. The van der Waals surface area contributed by atoms with Crippen LogP contribution in [0.4, 0.5) is 0 Å². The number of unbranched alkanes of at least 4 members (excludes halogenated alkanes) is 1. The molecule has 2 heterocycles. The van der Waals surface area contributed by atoms with Crippen molar-refractivity contribution in [3.05, 3.63) is 41.5 Å². The number of carboxylic acid groups (broad SMARTS) is 1. The van der Waals surface area contributed by atoms with Gasteiger partial charge in [0.25, 0.3) is 0 Å². The van der Waals surface area contributed by atoms with Crippen LogP contribution < -0.4 is 21.7 Å². The van der Waals surface area contributed by atoms with Crippen LogP contribution in [0.1, 0.15) is 129 Å². The minimum atomic E-state index is -1.17. The lowest BCUT2D eigenvalue weighted by atomic mass is 9.86. The maximum atomic E-state index is 14.3. The Balaban J connectivity index is 1.98. The molecule has 0 aliphatic carbocycles. The number of phenolic OH excluding ortho intramolecular Hbond substituents is 1. The van der Waals surface area contributed by atoms with Crippen LogP contribution in [0.2, 0.25) is 0 Å². The van der Waals surface area contributed by atoms with Gasteiger partial charge in [0.05, 0.1) is 12.0 Å². The van der Waals surface area contributed by atoms with Crippen LogP contribution in [0, 0.1) is 17.8 Å². The molecule has 312 valence electrons. The number of carbonyl (C=O) groups is 6. The van der Waals surface area contributed by atoms with E-state index < -0.39 is 47.9 Å². The fourth-order valence-electron chi connectivity index (χ4n) is 7.63. The summed E-state index contributed by atoms with van der Waals surface area (Å²) in [7, 11) is 0. The molecule has 13 nitrogen and oxygen atoms in total. The summed E-state index contributed by atoms with van der Waals surface area (Å²) in [5.41, 5.74) is 7.06. The fraction of sp³-hybridized carbons (Fsp3) is 0.674. The van der Waals surface area contributed by atoms with E-state index in [1.54, 1.807) is 18.2 Å². The van der Waals surface area contributed by atoms with Crippen LogP contribution in [0.3, 0.4) is 0 Å². The number of allylic oxidation sites excluding steroid dienone is 2. The Morgan fingerprint density at radius 3 is 2.45 bits per heavy atom. The molecule has 2 aliphatic rings. The number of ketones is 1. The number of aromatic hydroxyl groups is 1. The van der Waals surface area contributed by atoms with Gasteiger partial charge in [0.2, 0.25) is 23.6 Å². The highest BCUT2D eigenvalue weighted by molar-refractivity contribution is 5.96. The minimum absolute atomic E-state index is 0.0273. The van der Waals surface area contributed by atoms with Crippen molar-refractivity contribution >= 4 is 35.4 Å². The molecule has 0 saturated carbocycles. The van der Waals surface area contributed by atoms with Gasteiger partial charge >= 0.3 is 5.97 Å². The van der Waals surface area contributed by atoms with E-state index >= 15 is 0 Å². The molecule has 3 rings (SSSR count). The number of nitrogens with one attached hydrogen (secondary N) is 3. The number of carboxylic acids is 1. The van der Waals surface area contributed by atoms with E-state index in [0.29, 0.717) is 88.4 Å². The summed E-state index contributed by atoms with van der Waals surface area (Å²) in [4.78, 5) is 82.9. The predicted octanol–water partition coefficient (Wildman–Crippen LogP) is 4.71. The first-order valence-electron chi connectivity index (χ1n) is 20.9. The molecule has 6 atom stereocenters. The molecule has 4 amide bonds. The van der Waals surface area contributed by atoms with Gasteiger partial charge in [-0.25, -0.2) is 0 Å². The van der Waals surface area contributed by atoms with Gasteiger partial charge in [-0.2, -0.15) is 0 Å². The molecule has 1 aromatic rings. The van der Waals surface area contributed by atoms with Crippen molar-refractivity contribution in [2.75, 3.05) is 13.1 Å². The monoisotopic (exact) mass is 781 g/mol. The SMILES string of the molecule is CCC(C)[C@H](NC(=O)[C@@H]1Cc2ccc(O)c(c2)CC=CCCCCCCC(=O)N[C@@H](CCCCN)C(=O)N2CCC[C@H]2C(=O)N1)C(=O)CC(CC(C)C)C(=O)O. The molecule has 2 bridgehead atoms. The van der Waals surface area contributed by atoms with Crippen molar-refractivity contribution in [1.29, 1.82) is 0 Å². The number of hydrogen-bond acceptors (Lipinski definition) is 8. The number of aliphatic carboxylic acids is 1. The average Bonchev–Trinajstić information content (AvgIpc) is 3.65. The number of fused-ring (bicyclic) bond motifs is 3. The van der Waals surface area contributed by atoms with Crippen molar-refractivity contribution in [2.45, 2.75) is 155 Å². The summed E-state index contributed by atoms with van der Waals surface area (Å²) >= 11 is 0. The molecular formula is C43H67N5O8.